The standard InChI is InChI=1S/C13H14N2O5/c1-18-10-5-8(6-16)3-4-9(10)20-13-11(19-2)12(17)14-7-15-13/h3-5,7,16H,6H2,1-2H3,(H,14,15,17). The Morgan fingerprint density at radius 1 is 1.25 bits per heavy atom. The molecule has 1 aromatic carbocycles. The van der Waals surface area contributed by atoms with Gasteiger partial charge in [-0.3, -0.25) is 4.79 Å². The number of nitrogens with zero attached hydrogens (tertiary/aromatic N) is 1. The average molecular weight is 278 g/mol. The van der Waals surface area contributed by atoms with Gasteiger partial charge in [0.2, 0.25) is 5.75 Å². The van der Waals surface area contributed by atoms with Gasteiger partial charge in [-0.15, -0.1) is 0 Å². The van der Waals surface area contributed by atoms with Crippen molar-refractivity contribution in [2.24, 2.45) is 0 Å². The van der Waals surface area contributed by atoms with E-state index in [0.717, 1.165) is 0 Å². The minimum Gasteiger partial charge on any atom is -0.493 e. The van der Waals surface area contributed by atoms with Gasteiger partial charge in [-0.05, 0) is 17.7 Å². The van der Waals surface area contributed by atoms with Gasteiger partial charge in [0.05, 0.1) is 27.2 Å². The highest BCUT2D eigenvalue weighted by molar-refractivity contribution is 5.46. The lowest BCUT2D eigenvalue weighted by atomic mass is 10.2. The van der Waals surface area contributed by atoms with Gasteiger partial charge in [0.25, 0.3) is 11.4 Å². The minimum absolute atomic E-state index is 0.0270. The highest BCUT2D eigenvalue weighted by atomic mass is 16.5. The summed E-state index contributed by atoms with van der Waals surface area (Å²) in [6.07, 6.45) is 1.22. The van der Waals surface area contributed by atoms with Crippen LogP contribution < -0.4 is 19.8 Å². The van der Waals surface area contributed by atoms with Gasteiger partial charge in [-0.1, -0.05) is 6.07 Å². The third-order valence-electron chi connectivity index (χ3n) is 2.60. The van der Waals surface area contributed by atoms with Crippen LogP contribution in [-0.2, 0) is 6.61 Å². The van der Waals surface area contributed by atoms with E-state index >= 15 is 0 Å². The van der Waals surface area contributed by atoms with E-state index in [-0.39, 0.29) is 18.2 Å². The minimum atomic E-state index is -0.441. The van der Waals surface area contributed by atoms with E-state index in [9.17, 15) is 4.79 Å². The van der Waals surface area contributed by atoms with Crippen molar-refractivity contribution in [2.75, 3.05) is 14.2 Å². The van der Waals surface area contributed by atoms with Gasteiger partial charge in [-0.25, -0.2) is 4.98 Å². The van der Waals surface area contributed by atoms with E-state index < -0.39 is 5.56 Å². The van der Waals surface area contributed by atoms with Crippen LogP contribution in [0.4, 0.5) is 0 Å². The zero-order valence-electron chi connectivity index (χ0n) is 11.0. The topological polar surface area (TPSA) is 93.7 Å². The average Bonchev–Trinajstić information content (AvgIpc) is 2.48. The molecule has 0 aliphatic rings. The molecule has 1 heterocycles. The van der Waals surface area contributed by atoms with Gasteiger partial charge in [0, 0.05) is 0 Å². The lowest BCUT2D eigenvalue weighted by Gasteiger charge is -2.12. The molecule has 0 amide bonds. The molecule has 0 radical (unpaired) electrons. The highest BCUT2D eigenvalue weighted by Gasteiger charge is 2.14. The van der Waals surface area contributed by atoms with E-state index in [1.165, 1.54) is 20.5 Å². The highest BCUT2D eigenvalue weighted by Crippen LogP contribution is 2.33. The van der Waals surface area contributed by atoms with Crippen LogP contribution in [0, 0.1) is 0 Å². The molecule has 0 fully saturated rings. The summed E-state index contributed by atoms with van der Waals surface area (Å²) >= 11 is 0. The van der Waals surface area contributed by atoms with Crippen molar-refractivity contribution in [2.45, 2.75) is 6.61 Å². The van der Waals surface area contributed by atoms with Gasteiger partial charge in [0.15, 0.2) is 11.5 Å². The summed E-state index contributed by atoms with van der Waals surface area (Å²) in [5.41, 5.74) is 0.239. The Balaban J connectivity index is 2.40. The van der Waals surface area contributed by atoms with Crippen molar-refractivity contribution in [1.29, 1.82) is 0 Å². The first-order valence-electron chi connectivity index (χ1n) is 5.77. The first-order chi connectivity index (χ1) is 9.69. The largest absolute Gasteiger partial charge is 0.493 e. The van der Waals surface area contributed by atoms with Crippen LogP contribution >= 0.6 is 0 Å². The first kappa shape index (κ1) is 13.9. The van der Waals surface area contributed by atoms with Crippen LogP contribution in [-0.4, -0.2) is 29.3 Å². The van der Waals surface area contributed by atoms with Crippen molar-refractivity contribution >= 4 is 0 Å². The molecule has 1 aromatic heterocycles. The van der Waals surface area contributed by atoms with Crippen molar-refractivity contribution in [3.8, 4) is 23.1 Å². The summed E-state index contributed by atoms with van der Waals surface area (Å²) < 4.78 is 15.7. The third-order valence-corrected chi connectivity index (χ3v) is 2.60. The number of hydrogen-bond acceptors (Lipinski definition) is 6. The number of rotatable bonds is 5. The number of methoxy groups -OCH3 is 2. The number of benzene rings is 1. The lowest BCUT2D eigenvalue weighted by molar-refractivity contribution is 0.280. The number of aliphatic hydroxyl groups is 1. The predicted molar refractivity (Wildman–Crippen MR) is 70.4 cm³/mol. The summed E-state index contributed by atoms with van der Waals surface area (Å²) in [6, 6.07) is 4.93. The smallest absolute Gasteiger partial charge is 0.297 e. The summed E-state index contributed by atoms with van der Waals surface area (Å²) in [6.45, 7) is -0.108. The van der Waals surface area contributed by atoms with Gasteiger partial charge in [0.1, 0.15) is 0 Å². The lowest BCUT2D eigenvalue weighted by Crippen LogP contribution is -2.11. The number of aromatic amines is 1. The van der Waals surface area contributed by atoms with Crippen LogP contribution in [0.25, 0.3) is 0 Å². The molecule has 0 saturated heterocycles. The van der Waals surface area contributed by atoms with E-state index in [1.54, 1.807) is 18.2 Å². The van der Waals surface area contributed by atoms with Gasteiger partial charge < -0.3 is 24.3 Å². The Hall–Kier alpha value is -2.54. The predicted octanol–water partition coefficient (Wildman–Crippen LogP) is 1.07. The molecule has 0 aliphatic heterocycles. The van der Waals surface area contributed by atoms with Crippen molar-refractivity contribution in [3.05, 3.63) is 40.4 Å². The molecule has 2 N–H and O–H groups in total. The molecule has 20 heavy (non-hydrogen) atoms. The molecule has 0 saturated carbocycles. The fourth-order valence-electron chi connectivity index (χ4n) is 1.62. The van der Waals surface area contributed by atoms with Crippen LogP contribution in [0.5, 0.6) is 23.1 Å². The number of hydrogen-bond donors (Lipinski definition) is 2. The zero-order chi connectivity index (χ0) is 14.5. The fourth-order valence-corrected chi connectivity index (χ4v) is 1.62. The second kappa shape index (κ2) is 6.07. The fraction of sp³-hybridized carbons (Fsp3) is 0.231. The summed E-state index contributed by atoms with van der Waals surface area (Å²) in [5, 5.41) is 9.08. The first-order valence-corrected chi connectivity index (χ1v) is 5.77. The van der Waals surface area contributed by atoms with Gasteiger partial charge >= 0.3 is 0 Å². The molecule has 0 unspecified atom stereocenters. The van der Waals surface area contributed by atoms with Crippen LogP contribution in [0.2, 0.25) is 0 Å². The molecule has 2 aromatic rings. The summed E-state index contributed by atoms with van der Waals surface area (Å²) in [4.78, 5) is 17.9. The monoisotopic (exact) mass is 278 g/mol. The molecule has 2 rings (SSSR count). The molecule has 7 nitrogen and oxygen atoms in total. The summed E-state index contributed by atoms with van der Waals surface area (Å²) in [7, 11) is 2.83. The Morgan fingerprint density at radius 2 is 2.05 bits per heavy atom. The SMILES string of the molecule is COc1cc(CO)ccc1Oc1nc[nH]c(=O)c1OC. The maximum atomic E-state index is 11.6. The zero-order valence-corrected chi connectivity index (χ0v) is 11.0. The van der Waals surface area contributed by atoms with Crippen molar-refractivity contribution in [3.63, 3.8) is 0 Å². The van der Waals surface area contributed by atoms with Crippen LogP contribution in [0.3, 0.4) is 0 Å². The molecular weight excluding hydrogens is 264 g/mol. The number of H-pyrrole nitrogens is 1. The second-order valence-corrected chi connectivity index (χ2v) is 3.82. The Kier molecular flexibility index (Phi) is 4.21. The molecular formula is C13H14N2O5. The normalized spacial score (nSPS) is 10.2. The summed E-state index contributed by atoms with van der Waals surface area (Å²) in [5.74, 6) is 0.786. The van der Waals surface area contributed by atoms with Crippen LogP contribution in [0.1, 0.15) is 5.56 Å². The number of ether oxygens (including phenoxy) is 3. The van der Waals surface area contributed by atoms with Crippen molar-refractivity contribution < 1.29 is 19.3 Å². The van der Waals surface area contributed by atoms with E-state index in [0.29, 0.717) is 17.1 Å². The Labute approximate surface area is 114 Å². The maximum absolute atomic E-state index is 11.6. The van der Waals surface area contributed by atoms with Crippen LogP contribution in [0.15, 0.2) is 29.3 Å². The molecule has 0 bridgehead atoms. The molecule has 0 spiro atoms. The Morgan fingerprint density at radius 3 is 2.70 bits per heavy atom. The van der Waals surface area contributed by atoms with E-state index in [4.69, 9.17) is 19.3 Å². The quantitative estimate of drug-likeness (QED) is 0.849. The number of nitrogens with one attached hydrogen (secondary N) is 1. The van der Waals surface area contributed by atoms with Crippen molar-refractivity contribution in [1.82, 2.24) is 9.97 Å². The molecule has 106 valence electrons. The number of aromatic nitrogens is 2. The Bertz CT molecular complexity index is 653. The van der Waals surface area contributed by atoms with Gasteiger partial charge in [-0.2, -0.15) is 0 Å². The van der Waals surface area contributed by atoms with E-state index in [1.807, 2.05) is 0 Å². The van der Waals surface area contributed by atoms with E-state index in [2.05, 4.69) is 9.97 Å². The second-order valence-electron chi connectivity index (χ2n) is 3.82. The molecule has 0 atom stereocenters. The number of aliphatic hydroxyl groups excluding tert-OH is 1. The third kappa shape index (κ3) is 2.72. The molecule has 7 heteroatoms. The maximum Gasteiger partial charge on any atom is 0.297 e. The molecule has 0 aliphatic carbocycles.